The number of nitrogens with two attached hydrogens (primary N) is 1. The fraction of sp³-hybridized carbons (Fsp3) is 0.488. The van der Waals surface area contributed by atoms with Gasteiger partial charge in [-0.2, -0.15) is 0 Å². The number of β-amino-alcohol motifs (C(OH)–C–C–N with tert-alkyl or cyclic N) is 1. The number of carbonyl (C=O) groups is 2. The normalized spacial score (nSPS) is 16.4. The first-order valence-electron chi connectivity index (χ1n) is 17.4. The van der Waals surface area contributed by atoms with Gasteiger partial charge in [0.1, 0.15) is 0 Å². The second-order valence-electron chi connectivity index (χ2n) is 13.2. The molecule has 1 aliphatic carbocycles. The maximum atomic E-state index is 11.3. The number of rotatable bonds is 10. The van der Waals surface area contributed by atoms with E-state index < -0.39 is 6.10 Å². The van der Waals surface area contributed by atoms with Gasteiger partial charge in [0.05, 0.1) is 6.10 Å². The minimum atomic E-state index is -0.489. The van der Waals surface area contributed by atoms with Crippen molar-refractivity contribution >= 4 is 12.3 Å². The van der Waals surface area contributed by atoms with E-state index in [0.717, 1.165) is 32.7 Å². The summed E-state index contributed by atoms with van der Waals surface area (Å²) in [5, 5.41) is 12.8. The lowest BCUT2D eigenvalue weighted by Crippen LogP contribution is -2.48. The van der Waals surface area contributed by atoms with E-state index in [0.29, 0.717) is 25.8 Å². The largest absolute Gasteiger partial charge is 0.392 e. The molecular formula is C41H65N5O3. The predicted molar refractivity (Wildman–Crippen MR) is 207 cm³/mol. The molecule has 0 bridgehead atoms. The van der Waals surface area contributed by atoms with Gasteiger partial charge in [0.25, 0.3) is 0 Å². The van der Waals surface area contributed by atoms with Crippen molar-refractivity contribution in [2.24, 2.45) is 11.7 Å². The van der Waals surface area contributed by atoms with Crippen molar-refractivity contribution < 1.29 is 14.7 Å². The third kappa shape index (κ3) is 24.0. The highest BCUT2D eigenvalue weighted by Gasteiger charge is 2.22. The Morgan fingerprint density at radius 2 is 1.65 bits per heavy atom. The van der Waals surface area contributed by atoms with Crippen molar-refractivity contribution in [1.29, 1.82) is 0 Å². The van der Waals surface area contributed by atoms with Crippen molar-refractivity contribution in [3.05, 3.63) is 115 Å². The standard InChI is InChI=1S/C17H28N4O2.C8H12.C7H8.C5H11NO.C4H6/c1-2-15(17(18)23)10-16(22)13-21-8-6-20(7-9-21)12-14-4-3-5-19-11-14;1-3-8-6-4-5-7(8)2;1-7-5-3-2-4-6-7;1-5(2,3)6-4-7;1-3-4-2/h3-5,11,15-16,22H,2,6-10,12-13H2,1H3,(H2,18,23);3H,2,4-6H2,1H3;2-6H,1H3;4H,1-3H3,(H,6,7);3-4H,1-2H2/b;8-3-;;;. The lowest BCUT2D eigenvalue weighted by atomic mass is 9.98. The maximum Gasteiger partial charge on any atom is 0.220 e. The molecule has 1 aromatic heterocycles. The van der Waals surface area contributed by atoms with Crippen LogP contribution in [0.3, 0.4) is 0 Å². The molecule has 272 valence electrons. The minimum Gasteiger partial charge on any atom is -0.392 e. The number of piperazine rings is 1. The van der Waals surface area contributed by atoms with Crippen LogP contribution >= 0.6 is 0 Å². The molecule has 0 spiro atoms. The van der Waals surface area contributed by atoms with Gasteiger partial charge in [-0.3, -0.25) is 24.4 Å². The monoisotopic (exact) mass is 676 g/mol. The summed E-state index contributed by atoms with van der Waals surface area (Å²) < 4.78 is 0. The number of nitrogens with one attached hydrogen (secondary N) is 1. The molecule has 2 fully saturated rings. The number of hydrogen-bond donors (Lipinski definition) is 3. The molecule has 1 aromatic carbocycles. The van der Waals surface area contributed by atoms with E-state index in [2.05, 4.69) is 78.0 Å². The summed E-state index contributed by atoms with van der Waals surface area (Å²) in [6.07, 6.45) is 14.3. The fourth-order valence-corrected chi connectivity index (χ4v) is 4.95. The molecule has 2 heterocycles. The van der Waals surface area contributed by atoms with Crippen LogP contribution in [0.2, 0.25) is 0 Å². The molecule has 2 aliphatic rings. The Bertz CT molecular complexity index is 1210. The van der Waals surface area contributed by atoms with Crippen LogP contribution in [-0.4, -0.2) is 76.6 Å². The van der Waals surface area contributed by atoms with E-state index in [1.165, 1.54) is 41.5 Å². The van der Waals surface area contributed by atoms with Crippen molar-refractivity contribution in [2.75, 3.05) is 32.7 Å². The topological polar surface area (TPSA) is 112 Å². The molecule has 4 rings (SSSR count). The smallest absolute Gasteiger partial charge is 0.220 e. The van der Waals surface area contributed by atoms with Crippen LogP contribution in [0.5, 0.6) is 0 Å². The first kappa shape index (κ1) is 45.2. The molecule has 2 amide bonds. The third-order valence-corrected chi connectivity index (χ3v) is 7.84. The Labute approximate surface area is 297 Å². The quantitative estimate of drug-likeness (QED) is 0.184. The number of aromatic nitrogens is 1. The number of aliphatic hydroxyl groups is 1. The van der Waals surface area contributed by atoms with Crippen molar-refractivity contribution in [3.8, 4) is 0 Å². The summed E-state index contributed by atoms with van der Waals surface area (Å²) in [4.78, 5) is 29.8. The molecule has 4 N–H and O–H groups in total. The molecule has 2 atom stereocenters. The Morgan fingerprint density at radius 1 is 1.04 bits per heavy atom. The van der Waals surface area contributed by atoms with Crippen LogP contribution in [0.4, 0.5) is 0 Å². The molecule has 1 saturated carbocycles. The second-order valence-corrected chi connectivity index (χ2v) is 13.2. The van der Waals surface area contributed by atoms with Crippen molar-refractivity contribution in [1.82, 2.24) is 20.1 Å². The number of pyridine rings is 1. The zero-order valence-electron chi connectivity index (χ0n) is 31.2. The van der Waals surface area contributed by atoms with Crippen LogP contribution in [-0.2, 0) is 16.1 Å². The van der Waals surface area contributed by atoms with Gasteiger partial charge >= 0.3 is 0 Å². The molecule has 49 heavy (non-hydrogen) atoms. The fourth-order valence-electron chi connectivity index (χ4n) is 4.95. The highest BCUT2D eigenvalue weighted by molar-refractivity contribution is 5.76. The number of nitrogens with zero attached hydrogens (tertiary/aromatic N) is 3. The van der Waals surface area contributed by atoms with Crippen molar-refractivity contribution in [3.63, 3.8) is 0 Å². The Balaban J connectivity index is 0.000000717. The molecule has 2 unspecified atom stereocenters. The SMILES string of the molecule is C=C1CCC/C1=C/C.C=CC=C.CC(C)(C)NC=O.CCC(CC(O)CN1CCN(Cc2cccnc2)CC1)C(N)=O.Cc1ccccc1. The van der Waals surface area contributed by atoms with Gasteiger partial charge in [0.2, 0.25) is 12.3 Å². The van der Waals surface area contributed by atoms with Crippen LogP contribution in [0.25, 0.3) is 0 Å². The third-order valence-electron chi connectivity index (χ3n) is 7.84. The molecule has 8 heteroatoms. The highest BCUT2D eigenvalue weighted by Crippen LogP contribution is 2.27. The lowest BCUT2D eigenvalue weighted by Gasteiger charge is -2.35. The van der Waals surface area contributed by atoms with Crippen molar-refractivity contribution in [2.45, 2.75) is 91.8 Å². The molecular weight excluding hydrogens is 610 g/mol. The predicted octanol–water partition coefficient (Wildman–Crippen LogP) is 7.02. The van der Waals surface area contributed by atoms with Gasteiger partial charge in [-0.15, -0.1) is 0 Å². The van der Waals surface area contributed by atoms with Crippen LogP contribution in [0.1, 0.15) is 77.8 Å². The molecule has 1 aliphatic heterocycles. The number of allylic oxidation sites excluding steroid dienone is 5. The molecule has 1 saturated heterocycles. The molecule has 2 aromatic rings. The van der Waals surface area contributed by atoms with Gasteiger partial charge in [-0.25, -0.2) is 0 Å². The van der Waals surface area contributed by atoms with Gasteiger partial charge < -0.3 is 16.2 Å². The number of aliphatic hydroxyl groups excluding tert-OH is 1. The Hall–Kier alpha value is -3.85. The van der Waals surface area contributed by atoms with Gasteiger partial charge in [-0.1, -0.05) is 92.4 Å². The molecule has 8 nitrogen and oxygen atoms in total. The summed E-state index contributed by atoms with van der Waals surface area (Å²) in [6, 6.07) is 14.3. The van der Waals surface area contributed by atoms with Gasteiger partial charge in [0, 0.05) is 63.1 Å². The van der Waals surface area contributed by atoms with E-state index in [1.807, 2.05) is 58.2 Å². The van der Waals surface area contributed by atoms with Crippen LogP contribution < -0.4 is 11.1 Å². The number of primary amides is 1. The highest BCUT2D eigenvalue weighted by atomic mass is 16.3. The van der Waals surface area contributed by atoms with Crippen LogP contribution in [0, 0.1) is 12.8 Å². The zero-order valence-corrected chi connectivity index (χ0v) is 31.2. The summed E-state index contributed by atoms with van der Waals surface area (Å²) in [6.45, 7) is 27.9. The number of amides is 2. The van der Waals surface area contributed by atoms with Crippen LogP contribution in [0.15, 0.2) is 104 Å². The Kier molecular flexibility index (Phi) is 24.9. The Morgan fingerprint density at radius 3 is 2.00 bits per heavy atom. The van der Waals surface area contributed by atoms with E-state index in [4.69, 9.17) is 5.73 Å². The van der Waals surface area contributed by atoms with E-state index in [-0.39, 0.29) is 17.4 Å². The van der Waals surface area contributed by atoms with Gasteiger partial charge in [-0.05, 0) is 83.9 Å². The zero-order chi connectivity index (χ0) is 37.1. The summed E-state index contributed by atoms with van der Waals surface area (Å²) in [7, 11) is 0. The summed E-state index contributed by atoms with van der Waals surface area (Å²) in [5.74, 6) is -0.537. The van der Waals surface area contributed by atoms with E-state index >= 15 is 0 Å². The lowest BCUT2D eigenvalue weighted by molar-refractivity contribution is -0.123. The van der Waals surface area contributed by atoms with E-state index in [1.54, 1.807) is 18.3 Å². The number of benzene rings is 1. The number of aryl methyl sites for hydroxylation is 1. The first-order valence-corrected chi connectivity index (χ1v) is 17.4. The first-order chi connectivity index (χ1) is 23.3. The van der Waals surface area contributed by atoms with Gasteiger partial charge in [0.15, 0.2) is 0 Å². The number of hydrogen-bond acceptors (Lipinski definition) is 6. The number of carbonyl (C=O) groups excluding carboxylic acids is 2. The average Bonchev–Trinajstić information content (AvgIpc) is 3.50. The summed E-state index contributed by atoms with van der Waals surface area (Å²) >= 11 is 0. The second kappa shape index (κ2) is 27.0. The molecule has 0 radical (unpaired) electrons. The maximum absolute atomic E-state index is 11.3. The average molecular weight is 676 g/mol. The minimum absolute atomic E-state index is 0.0677. The summed E-state index contributed by atoms with van der Waals surface area (Å²) in [5.41, 5.74) is 10.7. The van der Waals surface area contributed by atoms with E-state index in [9.17, 15) is 14.7 Å².